The minimum absolute atomic E-state index is 0.226. The van der Waals surface area contributed by atoms with E-state index in [1.807, 2.05) is 0 Å². The highest BCUT2D eigenvalue weighted by molar-refractivity contribution is 6.64. The molecule has 0 aliphatic rings. The summed E-state index contributed by atoms with van der Waals surface area (Å²) in [5, 5.41) is -0.786. The van der Waals surface area contributed by atoms with Crippen molar-refractivity contribution in [3.8, 4) is 0 Å². The van der Waals surface area contributed by atoms with Crippen LogP contribution in [0.5, 0.6) is 0 Å². The van der Waals surface area contributed by atoms with E-state index < -0.39 is 11.3 Å². The van der Waals surface area contributed by atoms with Crippen LogP contribution in [0.25, 0.3) is 0 Å². The zero-order chi connectivity index (χ0) is 9.02. The second-order valence-corrected chi connectivity index (χ2v) is 2.83. The summed E-state index contributed by atoms with van der Waals surface area (Å²) in [5.41, 5.74) is 0. The monoisotopic (exact) mass is 197 g/mol. The summed E-state index contributed by atoms with van der Waals surface area (Å²) in [4.78, 5) is 22.4. The maximum Gasteiger partial charge on any atom is 0.323 e. The van der Waals surface area contributed by atoms with E-state index in [9.17, 15) is 9.59 Å². The van der Waals surface area contributed by atoms with Crippen LogP contribution >= 0.6 is 23.2 Å². The van der Waals surface area contributed by atoms with Gasteiger partial charge in [0, 0.05) is 6.04 Å². The summed E-state index contributed by atoms with van der Waals surface area (Å²) in [6.07, 6.45) is 0. The van der Waals surface area contributed by atoms with Crippen LogP contribution in [0.15, 0.2) is 0 Å². The van der Waals surface area contributed by atoms with E-state index in [0.29, 0.717) is 0 Å². The highest BCUT2D eigenvalue weighted by Gasteiger charge is 2.21. The molecule has 64 valence electrons. The van der Waals surface area contributed by atoms with Crippen LogP contribution in [0.4, 0.5) is 4.79 Å². The molecule has 0 aliphatic carbocycles. The minimum atomic E-state index is -0.786. The quantitative estimate of drug-likeness (QED) is 0.385. The van der Waals surface area contributed by atoms with Crippen molar-refractivity contribution in [2.24, 2.45) is 0 Å². The minimum Gasteiger partial charge on any atom is -0.273 e. The van der Waals surface area contributed by atoms with E-state index in [1.54, 1.807) is 13.8 Å². The Hall–Kier alpha value is -0.280. The Kier molecular flexibility index (Phi) is 4.45. The Labute approximate surface area is 75.3 Å². The van der Waals surface area contributed by atoms with Crippen LogP contribution in [0.3, 0.4) is 0 Å². The van der Waals surface area contributed by atoms with E-state index >= 15 is 0 Å². The van der Waals surface area contributed by atoms with Gasteiger partial charge < -0.3 is 0 Å². The average molecular weight is 198 g/mol. The number of alkyl halides is 1. The molecule has 0 aromatic rings. The molecule has 0 aromatic heterocycles. The number of imide groups is 1. The highest BCUT2D eigenvalue weighted by atomic mass is 35.5. The molecule has 0 aromatic carbocycles. The van der Waals surface area contributed by atoms with E-state index in [4.69, 9.17) is 23.2 Å². The molecule has 11 heavy (non-hydrogen) atoms. The van der Waals surface area contributed by atoms with Crippen molar-refractivity contribution in [1.82, 2.24) is 4.90 Å². The predicted molar refractivity (Wildman–Crippen MR) is 44.0 cm³/mol. The van der Waals surface area contributed by atoms with Crippen molar-refractivity contribution in [1.29, 1.82) is 0 Å². The molecule has 0 heterocycles. The summed E-state index contributed by atoms with van der Waals surface area (Å²) in [6, 6.07) is -0.244. The molecule has 0 fully saturated rings. The molecule has 0 saturated carbocycles. The van der Waals surface area contributed by atoms with Gasteiger partial charge in [-0.2, -0.15) is 0 Å². The number of hydrogen-bond acceptors (Lipinski definition) is 2. The first-order valence-electron chi connectivity index (χ1n) is 3.08. The molecule has 0 N–H and O–H groups in total. The first-order chi connectivity index (χ1) is 5.00. The van der Waals surface area contributed by atoms with Crippen molar-refractivity contribution in [2.45, 2.75) is 19.9 Å². The number of hydrogen-bond donors (Lipinski definition) is 0. The molecule has 0 radical (unpaired) electrons. The van der Waals surface area contributed by atoms with E-state index in [0.717, 1.165) is 4.90 Å². The van der Waals surface area contributed by atoms with Gasteiger partial charge >= 0.3 is 5.37 Å². The second kappa shape index (κ2) is 4.57. The van der Waals surface area contributed by atoms with Gasteiger partial charge in [0.25, 0.3) is 0 Å². The lowest BCUT2D eigenvalue weighted by molar-refractivity contribution is -0.126. The van der Waals surface area contributed by atoms with Crippen molar-refractivity contribution >= 4 is 34.5 Å². The summed E-state index contributed by atoms with van der Waals surface area (Å²) in [5.74, 6) is -0.696. The van der Waals surface area contributed by atoms with Crippen molar-refractivity contribution in [3.63, 3.8) is 0 Å². The van der Waals surface area contributed by atoms with Crippen LogP contribution in [0, 0.1) is 0 Å². The van der Waals surface area contributed by atoms with Gasteiger partial charge in [0.2, 0.25) is 5.91 Å². The fourth-order valence-electron chi connectivity index (χ4n) is 0.653. The van der Waals surface area contributed by atoms with Crippen LogP contribution < -0.4 is 0 Å². The third-order valence-electron chi connectivity index (χ3n) is 1.09. The van der Waals surface area contributed by atoms with Gasteiger partial charge in [-0.1, -0.05) is 0 Å². The number of carbonyl (C=O) groups is 2. The number of carbonyl (C=O) groups excluding carboxylic acids is 2. The fraction of sp³-hybridized carbons (Fsp3) is 0.667. The third-order valence-corrected chi connectivity index (χ3v) is 1.50. The Morgan fingerprint density at radius 3 is 2.00 bits per heavy atom. The number of rotatable bonds is 2. The van der Waals surface area contributed by atoms with Gasteiger partial charge in [-0.15, -0.1) is 11.6 Å². The summed E-state index contributed by atoms with van der Waals surface area (Å²) in [7, 11) is 0. The van der Waals surface area contributed by atoms with Gasteiger partial charge in [-0.3, -0.25) is 14.5 Å². The molecule has 0 bridgehead atoms. The van der Waals surface area contributed by atoms with Crippen LogP contribution in [0.1, 0.15) is 13.8 Å². The fourth-order valence-corrected chi connectivity index (χ4v) is 1.07. The van der Waals surface area contributed by atoms with Crippen LogP contribution in [-0.4, -0.2) is 28.1 Å². The molecule has 2 amide bonds. The first kappa shape index (κ1) is 10.7. The summed E-state index contributed by atoms with van der Waals surface area (Å²) in [6.45, 7) is 3.37. The van der Waals surface area contributed by atoms with Gasteiger partial charge in [-0.05, 0) is 25.4 Å². The van der Waals surface area contributed by atoms with E-state index in [1.165, 1.54) is 0 Å². The Morgan fingerprint density at radius 1 is 1.45 bits per heavy atom. The summed E-state index contributed by atoms with van der Waals surface area (Å²) < 4.78 is 0. The number of amides is 2. The largest absolute Gasteiger partial charge is 0.323 e. The molecular formula is C6H9Cl2NO2. The normalized spacial score (nSPS) is 9.91. The SMILES string of the molecule is CC(C)N(C(=O)Cl)C(=O)CCl. The molecule has 5 heteroatoms. The van der Waals surface area contributed by atoms with Gasteiger partial charge in [-0.25, -0.2) is 0 Å². The Morgan fingerprint density at radius 2 is 1.91 bits per heavy atom. The average Bonchev–Trinajstić information content (AvgIpc) is 1.85. The van der Waals surface area contributed by atoms with E-state index in [-0.39, 0.29) is 11.9 Å². The Bertz CT molecular complexity index is 170. The number of nitrogens with zero attached hydrogens (tertiary/aromatic N) is 1. The van der Waals surface area contributed by atoms with Crippen LogP contribution in [-0.2, 0) is 4.79 Å². The van der Waals surface area contributed by atoms with Crippen molar-refractivity contribution < 1.29 is 9.59 Å². The smallest absolute Gasteiger partial charge is 0.273 e. The lowest BCUT2D eigenvalue weighted by Gasteiger charge is -2.20. The molecule has 0 aliphatic heterocycles. The topological polar surface area (TPSA) is 37.4 Å². The van der Waals surface area contributed by atoms with Gasteiger partial charge in [0.1, 0.15) is 5.88 Å². The molecular weight excluding hydrogens is 189 g/mol. The zero-order valence-corrected chi connectivity index (χ0v) is 7.82. The lowest BCUT2D eigenvalue weighted by atomic mass is 10.3. The highest BCUT2D eigenvalue weighted by Crippen LogP contribution is 2.04. The molecule has 3 nitrogen and oxygen atoms in total. The van der Waals surface area contributed by atoms with E-state index in [2.05, 4.69) is 0 Å². The maximum absolute atomic E-state index is 10.9. The summed E-state index contributed by atoms with van der Waals surface area (Å²) >= 11 is 10.4. The van der Waals surface area contributed by atoms with Gasteiger partial charge in [0.15, 0.2) is 0 Å². The first-order valence-corrected chi connectivity index (χ1v) is 3.99. The molecule has 0 rings (SSSR count). The standard InChI is InChI=1S/C6H9Cl2NO2/c1-4(2)9(6(8)11)5(10)3-7/h4H,3H2,1-2H3. The molecule has 0 atom stereocenters. The molecule has 0 saturated heterocycles. The molecule has 0 spiro atoms. The maximum atomic E-state index is 10.9. The van der Waals surface area contributed by atoms with Crippen molar-refractivity contribution in [3.05, 3.63) is 0 Å². The third kappa shape index (κ3) is 3.08. The van der Waals surface area contributed by atoms with Crippen molar-refractivity contribution in [2.75, 3.05) is 5.88 Å². The predicted octanol–water partition coefficient (Wildman–Crippen LogP) is 1.82. The zero-order valence-electron chi connectivity index (χ0n) is 6.30. The second-order valence-electron chi connectivity index (χ2n) is 2.24. The molecule has 0 unspecified atom stereocenters. The van der Waals surface area contributed by atoms with Gasteiger partial charge in [0.05, 0.1) is 0 Å². The Balaban J connectivity index is 4.34. The number of halogens is 2. The van der Waals surface area contributed by atoms with Crippen LogP contribution in [0.2, 0.25) is 0 Å². The lowest BCUT2D eigenvalue weighted by Crippen LogP contribution is -2.39.